The predicted octanol–water partition coefficient (Wildman–Crippen LogP) is 4.78. The quantitative estimate of drug-likeness (QED) is 0.328. The average Bonchev–Trinajstić information content (AvgIpc) is 2.64. The maximum absolute atomic E-state index is 13.0. The van der Waals surface area contributed by atoms with Crippen LogP contribution in [0.2, 0.25) is 0 Å². The van der Waals surface area contributed by atoms with Gasteiger partial charge in [0.15, 0.2) is 11.6 Å². The Hall–Kier alpha value is -3.05. The van der Waals surface area contributed by atoms with Crippen molar-refractivity contribution in [3.63, 3.8) is 0 Å². The molecule has 3 aromatic carbocycles. The highest BCUT2D eigenvalue weighted by molar-refractivity contribution is 7.80. The number of benzene rings is 3. The van der Waals surface area contributed by atoms with Gasteiger partial charge in [-0.1, -0.05) is 60.7 Å². The van der Waals surface area contributed by atoms with Gasteiger partial charge in [-0.15, -0.1) is 12.6 Å². The van der Waals surface area contributed by atoms with Gasteiger partial charge in [-0.25, -0.2) is 0 Å². The Morgan fingerprint density at radius 2 is 1.24 bits per heavy atom. The minimum atomic E-state index is -0.310. The summed E-state index contributed by atoms with van der Waals surface area (Å²) in [6.07, 6.45) is 0. The minimum Gasteiger partial charge on any atom is -0.289 e. The molecule has 4 aromatic rings. The van der Waals surface area contributed by atoms with Crippen LogP contribution in [0.3, 0.4) is 0 Å². The van der Waals surface area contributed by atoms with Gasteiger partial charge in [-0.3, -0.25) is 18.7 Å². The molecular formula is C20H12O4S. The Bertz CT molecular complexity index is 1080. The summed E-state index contributed by atoms with van der Waals surface area (Å²) in [4.78, 5) is 26.4. The lowest BCUT2D eigenvalue weighted by molar-refractivity contribution is 0.0572. The van der Waals surface area contributed by atoms with Crippen LogP contribution in [0.15, 0.2) is 80.8 Å². The highest BCUT2D eigenvalue weighted by Crippen LogP contribution is 2.34. The van der Waals surface area contributed by atoms with Gasteiger partial charge in [0.05, 0.1) is 11.1 Å². The monoisotopic (exact) mass is 348 g/mol. The molecule has 4 rings (SSSR count). The largest absolute Gasteiger partial charge is 0.289 e. The average molecular weight is 348 g/mol. The molecule has 0 aliphatic rings. The highest BCUT2D eigenvalue weighted by atomic mass is 32.1. The van der Waals surface area contributed by atoms with E-state index in [0.717, 1.165) is 0 Å². The van der Waals surface area contributed by atoms with Crippen LogP contribution in [-0.2, 0) is 0 Å². The molecule has 5 heteroatoms. The van der Waals surface area contributed by atoms with Crippen molar-refractivity contribution >= 4 is 35.4 Å². The second kappa shape index (κ2) is 6.11. The third-order valence-electron chi connectivity index (χ3n) is 3.97. The number of fused-ring (bicyclic) bond motifs is 1. The molecule has 0 saturated heterocycles. The van der Waals surface area contributed by atoms with Crippen molar-refractivity contribution in [3.8, 4) is 0 Å². The number of hydrogen-bond donors (Lipinski definition) is 1. The molecule has 0 atom stereocenters. The first-order valence-electron chi connectivity index (χ1n) is 7.61. The van der Waals surface area contributed by atoms with Crippen LogP contribution in [0.5, 0.6) is 0 Å². The normalized spacial score (nSPS) is 10.9. The summed E-state index contributed by atoms with van der Waals surface area (Å²) in [5.74, 6) is -0.599. The standard InChI is InChI=1S/C20H12O4S/c21-18(12-7-3-1-4-8-12)16-15(25)11-14-20(24-23-14)17(16)19(22)13-9-5-2-6-10-13/h1-11,25H. The molecule has 0 bridgehead atoms. The SMILES string of the molecule is O=C(c1ccccc1)c1c(S)cc2ooc2c1C(=O)c1ccccc1. The minimum absolute atomic E-state index is 0.175. The fourth-order valence-corrected chi connectivity index (χ4v) is 3.07. The Morgan fingerprint density at radius 3 is 1.72 bits per heavy atom. The molecular weight excluding hydrogens is 336 g/mol. The van der Waals surface area contributed by atoms with Crippen LogP contribution in [-0.4, -0.2) is 11.6 Å². The van der Waals surface area contributed by atoms with Gasteiger partial charge < -0.3 is 0 Å². The second-order valence-electron chi connectivity index (χ2n) is 5.53. The summed E-state index contributed by atoms with van der Waals surface area (Å²) < 4.78 is 9.94. The number of rotatable bonds is 4. The van der Waals surface area contributed by atoms with Crippen molar-refractivity contribution in [1.82, 2.24) is 0 Å². The Labute approximate surface area is 148 Å². The molecule has 0 saturated carbocycles. The highest BCUT2D eigenvalue weighted by Gasteiger charge is 2.29. The van der Waals surface area contributed by atoms with E-state index in [0.29, 0.717) is 21.6 Å². The van der Waals surface area contributed by atoms with Gasteiger partial charge in [-0.05, 0) is 0 Å². The number of hydrogen-bond acceptors (Lipinski definition) is 5. The summed E-state index contributed by atoms with van der Waals surface area (Å²) in [6, 6.07) is 19.1. The van der Waals surface area contributed by atoms with Gasteiger partial charge in [0.25, 0.3) is 0 Å². The van der Waals surface area contributed by atoms with Crippen molar-refractivity contribution < 1.29 is 18.7 Å². The van der Waals surface area contributed by atoms with Gasteiger partial charge in [0.2, 0.25) is 11.2 Å². The van der Waals surface area contributed by atoms with Crippen LogP contribution in [0.1, 0.15) is 31.8 Å². The topological polar surface area (TPSA) is 60.4 Å². The first kappa shape index (κ1) is 15.5. The van der Waals surface area contributed by atoms with E-state index in [9.17, 15) is 9.59 Å². The van der Waals surface area contributed by atoms with E-state index < -0.39 is 0 Å². The number of thiol groups is 1. The van der Waals surface area contributed by atoms with Crippen LogP contribution >= 0.6 is 12.6 Å². The molecule has 0 N–H and O–H groups in total. The van der Waals surface area contributed by atoms with E-state index in [4.69, 9.17) is 9.15 Å². The first-order valence-corrected chi connectivity index (χ1v) is 8.05. The summed E-state index contributed by atoms with van der Waals surface area (Å²) in [6.45, 7) is 0. The van der Waals surface area contributed by atoms with Crippen LogP contribution in [0.4, 0.5) is 0 Å². The Kier molecular flexibility index (Phi) is 3.78. The van der Waals surface area contributed by atoms with Crippen molar-refractivity contribution in [2.75, 3.05) is 0 Å². The lowest BCUT2D eigenvalue weighted by Crippen LogP contribution is -2.13. The zero-order valence-corrected chi connectivity index (χ0v) is 13.8. The van der Waals surface area contributed by atoms with E-state index >= 15 is 0 Å². The third kappa shape index (κ3) is 2.58. The van der Waals surface area contributed by atoms with E-state index in [1.165, 1.54) is 0 Å². The molecule has 4 nitrogen and oxygen atoms in total. The number of ketones is 2. The summed E-state index contributed by atoms with van der Waals surface area (Å²) >= 11 is 4.41. The molecule has 122 valence electrons. The van der Waals surface area contributed by atoms with Crippen molar-refractivity contribution in [3.05, 3.63) is 89.0 Å². The molecule has 0 spiro atoms. The van der Waals surface area contributed by atoms with Gasteiger partial charge >= 0.3 is 0 Å². The summed E-state index contributed by atoms with van der Waals surface area (Å²) in [5, 5.41) is 0. The first-order chi connectivity index (χ1) is 12.2. The van der Waals surface area contributed by atoms with E-state index in [2.05, 4.69) is 12.6 Å². The van der Waals surface area contributed by atoms with E-state index in [-0.39, 0.29) is 28.3 Å². The van der Waals surface area contributed by atoms with Gasteiger partial charge in [-0.2, -0.15) is 0 Å². The zero-order valence-electron chi connectivity index (χ0n) is 12.9. The summed E-state index contributed by atoms with van der Waals surface area (Å²) in [5.41, 5.74) is 1.99. The van der Waals surface area contributed by atoms with Crippen molar-refractivity contribution in [2.24, 2.45) is 0 Å². The molecule has 0 fully saturated rings. The molecule has 0 amide bonds. The second-order valence-corrected chi connectivity index (χ2v) is 6.01. The Morgan fingerprint density at radius 1 is 0.720 bits per heavy atom. The molecule has 0 unspecified atom stereocenters. The van der Waals surface area contributed by atoms with Crippen molar-refractivity contribution in [2.45, 2.75) is 4.90 Å². The lowest BCUT2D eigenvalue weighted by atomic mass is 9.92. The van der Waals surface area contributed by atoms with Crippen molar-refractivity contribution in [1.29, 1.82) is 0 Å². The fraction of sp³-hybridized carbons (Fsp3) is 0. The molecule has 25 heavy (non-hydrogen) atoms. The molecule has 1 heterocycles. The predicted molar refractivity (Wildman–Crippen MR) is 95.5 cm³/mol. The zero-order chi connectivity index (χ0) is 17.4. The lowest BCUT2D eigenvalue weighted by Gasteiger charge is -2.13. The maximum atomic E-state index is 13.0. The smallest absolute Gasteiger partial charge is 0.237 e. The maximum Gasteiger partial charge on any atom is 0.237 e. The molecule has 0 radical (unpaired) electrons. The van der Waals surface area contributed by atoms with Gasteiger partial charge in [0, 0.05) is 22.1 Å². The molecule has 1 aromatic heterocycles. The van der Waals surface area contributed by atoms with E-state index in [1.807, 2.05) is 12.1 Å². The van der Waals surface area contributed by atoms with Crippen LogP contribution in [0.25, 0.3) is 11.2 Å². The van der Waals surface area contributed by atoms with Crippen LogP contribution in [0, 0.1) is 0 Å². The molecule has 0 aliphatic carbocycles. The summed E-state index contributed by atoms with van der Waals surface area (Å²) in [7, 11) is 0. The Balaban J connectivity index is 1.94. The van der Waals surface area contributed by atoms with Crippen LogP contribution < -0.4 is 0 Å². The number of carbonyl (C=O) groups is 2. The fourth-order valence-electron chi connectivity index (χ4n) is 2.74. The third-order valence-corrected chi connectivity index (χ3v) is 4.32. The number of carbonyl (C=O) groups excluding carboxylic acids is 2. The van der Waals surface area contributed by atoms with Gasteiger partial charge in [0.1, 0.15) is 0 Å². The molecule has 0 aliphatic heterocycles. The van der Waals surface area contributed by atoms with E-state index in [1.54, 1.807) is 54.6 Å².